The Kier molecular flexibility index (Phi) is 4.15. The van der Waals surface area contributed by atoms with Gasteiger partial charge in [0.25, 0.3) is 0 Å². The summed E-state index contributed by atoms with van der Waals surface area (Å²) in [5, 5.41) is 0. The molecule has 0 N–H and O–H groups in total. The number of carbonyl (C=O) groups excluding carboxylic acids is 2. The minimum atomic E-state index is -0.682. The van der Waals surface area contributed by atoms with E-state index in [2.05, 4.69) is 4.74 Å². The predicted octanol–water partition coefficient (Wildman–Crippen LogP) is 2.04. The van der Waals surface area contributed by atoms with Gasteiger partial charge in [-0.2, -0.15) is 0 Å². The molecule has 3 aromatic rings. The summed E-state index contributed by atoms with van der Waals surface area (Å²) in [6.07, 6.45) is 0. The number of fused-ring (bicyclic) bond motifs is 2. The van der Waals surface area contributed by atoms with Gasteiger partial charge in [-0.05, 0) is 36.4 Å². The van der Waals surface area contributed by atoms with Crippen LogP contribution in [0.15, 0.2) is 45.6 Å². The molecule has 2 heterocycles. The smallest absolute Gasteiger partial charge is 0.420 e. The Bertz CT molecular complexity index is 1110. The number of esters is 1. The van der Waals surface area contributed by atoms with Crippen molar-refractivity contribution in [2.24, 2.45) is 0 Å². The zero-order chi connectivity index (χ0) is 19.0. The third-order valence-electron chi connectivity index (χ3n) is 4.25. The van der Waals surface area contributed by atoms with E-state index in [-0.39, 0.29) is 23.5 Å². The molecule has 0 atom stereocenters. The lowest BCUT2D eigenvalue weighted by Gasteiger charge is -2.18. The Morgan fingerprint density at radius 3 is 2.56 bits per heavy atom. The van der Waals surface area contributed by atoms with Crippen molar-refractivity contribution in [3.8, 4) is 11.5 Å². The summed E-state index contributed by atoms with van der Waals surface area (Å²) in [7, 11) is 1.26. The summed E-state index contributed by atoms with van der Waals surface area (Å²) in [4.78, 5) is 36.6. The minimum absolute atomic E-state index is 0.240. The molecular formula is C19H15NO7. The standard InChI is InChI=1S/C19H15NO7/c1-24-18(22)12-3-4-15-13(8-12)20(19(23)27-15)10-14(21)11-2-5-16-17(9-11)26-7-6-25-16/h2-5,8-9H,6-7,10H2,1H3. The van der Waals surface area contributed by atoms with E-state index in [1.807, 2.05) is 0 Å². The van der Waals surface area contributed by atoms with Crippen molar-refractivity contribution in [1.82, 2.24) is 4.57 Å². The van der Waals surface area contributed by atoms with Gasteiger partial charge in [-0.3, -0.25) is 9.36 Å². The minimum Gasteiger partial charge on any atom is -0.486 e. The number of nitrogens with zero attached hydrogens (tertiary/aromatic N) is 1. The van der Waals surface area contributed by atoms with E-state index in [0.717, 1.165) is 0 Å². The van der Waals surface area contributed by atoms with Crippen molar-refractivity contribution in [1.29, 1.82) is 0 Å². The van der Waals surface area contributed by atoms with Gasteiger partial charge in [0, 0.05) is 5.56 Å². The van der Waals surface area contributed by atoms with Crippen LogP contribution in [-0.4, -0.2) is 36.6 Å². The molecule has 1 aliphatic heterocycles. The molecule has 8 heteroatoms. The number of Topliss-reactive ketones (excluding diaryl/α,β-unsaturated/α-hetero) is 1. The van der Waals surface area contributed by atoms with Gasteiger partial charge in [-0.15, -0.1) is 0 Å². The molecule has 1 aromatic heterocycles. The quantitative estimate of drug-likeness (QED) is 0.513. The summed E-state index contributed by atoms with van der Waals surface area (Å²) in [6.45, 7) is 0.627. The van der Waals surface area contributed by atoms with Crippen LogP contribution in [0.2, 0.25) is 0 Å². The molecule has 0 aliphatic carbocycles. The average molecular weight is 369 g/mol. The van der Waals surface area contributed by atoms with Crippen LogP contribution in [0, 0.1) is 0 Å². The predicted molar refractivity (Wildman–Crippen MR) is 93.6 cm³/mol. The molecule has 0 radical (unpaired) electrons. The third kappa shape index (κ3) is 3.05. The van der Waals surface area contributed by atoms with E-state index in [9.17, 15) is 14.4 Å². The van der Waals surface area contributed by atoms with Crippen molar-refractivity contribution in [3.63, 3.8) is 0 Å². The number of oxazole rings is 1. The lowest BCUT2D eigenvalue weighted by molar-refractivity contribution is 0.0601. The number of hydrogen-bond donors (Lipinski definition) is 0. The Morgan fingerprint density at radius 2 is 1.78 bits per heavy atom. The van der Waals surface area contributed by atoms with Gasteiger partial charge in [-0.25, -0.2) is 9.59 Å². The van der Waals surface area contributed by atoms with Crippen LogP contribution in [0.25, 0.3) is 11.1 Å². The SMILES string of the molecule is COC(=O)c1ccc2oc(=O)n(CC(=O)c3ccc4c(c3)OCCO4)c2c1. The van der Waals surface area contributed by atoms with Gasteiger partial charge in [0.2, 0.25) is 0 Å². The topological polar surface area (TPSA) is 97.0 Å². The molecule has 2 aromatic carbocycles. The molecule has 1 aliphatic rings. The highest BCUT2D eigenvalue weighted by Crippen LogP contribution is 2.31. The summed E-state index contributed by atoms with van der Waals surface area (Å²) in [5.41, 5.74) is 1.26. The highest BCUT2D eigenvalue weighted by atomic mass is 16.6. The number of hydrogen-bond acceptors (Lipinski definition) is 7. The first-order valence-electron chi connectivity index (χ1n) is 8.21. The molecule has 0 saturated carbocycles. The molecule has 138 valence electrons. The number of carbonyl (C=O) groups is 2. The van der Waals surface area contributed by atoms with E-state index < -0.39 is 11.7 Å². The average Bonchev–Trinajstić information content (AvgIpc) is 3.01. The first-order valence-corrected chi connectivity index (χ1v) is 8.21. The van der Waals surface area contributed by atoms with Crippen LogP contribution in [-0.2, 0) is 11.3 Å². The zero-order valence-electron chi connectivity index (χ0n) is 14.4. The maximum Gasteiger partial charge on any atom is 0.420 e. The normalized spacial score (nSPS) is 12.8. The number of ketones is 1. The Balaban J connectivity index is 1.68. The second-order valence-corrected chi connectivity index (χ2v) is 5.91. The molecule has 4 rings (SSSR count). The monoisotopic (exact) mass is 369 g/mol. The van der Waals surface area contributed by atoms with E-state index in [4.69, 9.17) is 13.9 Å². The van der Waals surface area contributed by atoms with Crippen molar-refractivity contribution < 1.29 is 28.2 Å². The Labute approximate surface area is 152 Å². The zero-order valence-corrected chi connectivity index (χ0v) is 14.4. The van der Waals surface area contributed by atoms with E-state index in [1.165, 1.54) is 29.9 Å². The summed E-state index contributed by atoms with van der Waals surface area (Å²) in [5.74, 6) is -0.468. The van der Waals surface area contributed by atoms with Gasteiger partial charge >= 0.3 is 11.7 Å². The molecule has 0 spiro atoms. The van der Waals surface area contributed by atoms with Crippen LogP contribution >= 0.6 is 0 Å². The van der Waals surface area contributed by atoms with Crippen LogP contribution in [0.4, 0.5) is 0 Å². The number of rotatable bonds is 4. The molecule has 0 saturated heterocycles. The van der Waals surface area contributed by atoms with Crippen molar-refractivity contribution >= 4 is 22.9 Å². The van der Waals surface area contributed by atoms with Crippen LogP contribution in [0.5, 0.6) is 11.5 Å². The molecule has 0 fully saturated rings. The van der Waals surface area contributed by atoms with Crippen molar-refractivity contribution in [2.75, 3.05) is 20.3 Å². The first-order chi connectivity index (χ1) is 13.1. The van der Waals surface area contributed by atoms with Crippen molar-refractivity contribution in [3.05, 3.63) is 58.1 Å². The van der Waals surface area contributed by atoms with Crippen LogP contribution < -0.4 is 15.2 Å². The van der Waals surface area contributed by atoms with E-state index in [0.29, 0.717) is 35.8 Å². The third-order valence-corrected chi connectivity index (χ3v) is 4.25. The van der Waals surface area contributed by atoms with Gasteiger partial charge in [0.05, 0.1) is 24.7 Å². The lowest BCUT2D eigenvalue weighted by Crippen LogP contribution is -2.21. The van der Waals surface area contributed by atoms with Gasteiger partial charge < -0.3 is 18.6 Å². The number of aromatic nitrogens is 1. The fourth-order valence-corrected chi connectivity index (χ4v) is 2.91. The summed E-state index contributed by atoms with van der Waals surface area (Å²) < 4.78 is 21.9. The molecule has 0 amide bonds. The van der Waals surface area contributed by atoms with Gasteiger partial charge in [0.1, 0.15) is 13.2 Å². The molecule has 27 heavy (non-hydrogen) atoms. The van der Waals surface area contributed by atoms with Crippen molar-refractivity contribution in [2.45, 2.75) is 6.54 Å². The molecule has 0 unspecified atom stereocenters. The maximum atomic E-state index is 12.7. The van der Waals surface area contributed by atoms with Crippen LogP contribution in [0.3, 0.4) is 0 Å². The van der Waals surface area contributed by atoms with Gasteiger partial charge in [0.15, 0.2) is 22.9 Å². The summed E-state index contributed by atoms with van der Waals surface area (Å²) >= 11 is 0. The van der Waals surface area contributed by atoms with Crippen LogP contribution in [0.1, 0.15) is 20.7 Å². The van der Waals surface area contributed by atoms with E-state index >= 15 is 0 Å². The molecular weight excluding hydrogens is 354 g/mol. The molecule has 8 nitrogen and oxygen atoms in total. The summed E-state index contributed by atoms with van der Waals surface area (Å²) in [6, 6.07) is 9.31. The maximum absolute atomic E-state index is 12.7. The first kappa shape index (κ1) is 16.9. The second kappa shape index (κ2) is 6.64. The number of methoxy groups -OCH3 is 1. The Hall–Kier alpha value is -3.55. The fraction of sp³-hybridized carbons (Fsp3) is 0.211. The highest BCUT2D eigenvalue weighted by Gasteiger charge is 2.19. The highest BCUT2D eigenvalue weighted by molar-refractivity contribution is 5.98. The fourth-order valence-electron chi connectivity index (χ4n) is 2.91. The van der Waals surface area contributed by atoms with Gasteiger partial charge in [-0.1, -0.05) is 0 Å². The second-order valence-electron chi connectivity index (χ2n) is 5.91. The molecule has 0 bridgehead atoms. The van der Waals surface area contributed by atoms with E-state index in [1.54, 1.807) is 18.2 Å². The largest absolute Gasteiger partial charge is 0.486 e. The lowest BCUT2D eigenvalue weighted by atomic mass is 10.1. The number of benzene rings is 2. The Morgan fingerprint density at radius 1 is 1.04 bits per heavy atom. The number of ether oxygens (including phenoxy) is 3.